The second-order valence-electron chi connectivity index (χ2n) is 9.82. The van der Waals surface area contributed by atoms with Crippen molar-refractivity contribution in [3.8, 4) is 5.75 Å². The van der Waals surface area contributed by atoms with Crippen LogP contribution in [0.5, 0.6) is 5.75 Å². The van der Waals surface area contributed by atoms with Gasteiger partial charge in [-0.15, -0.1) is 13.2 Å². The number of carbonyl (C=O) groups is 4. The highest BCUT2D eigenvalue weighted by molar-refractivity contribution is 6.06. The number of hydrogen-bond acceptors (Lipinski definition) is 6. The van der Waals surface area contributed by atoms with Crippen molar-refractivity contribution in [2.24, 2.45) is 0 Å². The standard InChI is InChI=1S/C24H26F3N3O6/c1-23(2,3)36-22(34)29-10-8-13(9-11-29)14-4-5-15-16(19(14)35-24(25,26)27)12-30(21(15)33)17-6-7-18(31)28-20(17)32/h4-5,8,17H,6-7,9-12H2,1-3H3,(H,28,31,32). The first kappa shape index (κ1) is 25.5. The van der Waals surface area contributed by atoms with E-state index < -0.39 is 47.6 Å². The molecule has 1 fully saturated rings. The number of nitrogens with one attached hydrogen (secondary N) is 1. The van der Waals surface area contributed by atoms with Crippen molar-refractivity contribution < 1.29 is 41.8 Å². The second kappa shape index (κ2) is 9.14. The fourth-order valence-electron chi connectivity index (χ4n) is 4.50. The van der Waals surface area contributed by atoms with Crippen LogP contribution in [-0.2, 0) is 20.9 Å². The normalized spacial score (nSPS) is 20.7. The van der Waals surface area contributed by atoms with Crippen LogP contribution < -0.4 is 10.1 Å². The Morgan fingerprint density at radius 2 is 1.78 bits per heavy atom. The van der Waals surface area contributed by atoms with E-state index in [-0.39, 0.29) is 55.6 Å². The zero-order valence-electron chi connectivity index (χ0n) is 20.0. The Bertz CT molecular complexity index is 1150. The van der Waals surface area contributed by atoms with Crippen molar-refractivity contribution in [1.82, 2.24) is 15.1 Å². The average Bonchev–Trinajstić information content (AvgIpc) is 3.09. The highest BCUT2D eigenvalue weighted by Gasteiger charge is 2.43. The Hall–Kier alpha value is -3.57. The molecule has 1 aromatic rings. The van der Waals surface area contributed by atoms with Crippen LogP contribution in [0.15, 0.2) is 18.2 Å². The van der Waals surface area contributed by atoms with Gasteiger partial charge in [-0.25, -0.2) is 4.79 Å². The third-order valence-electron chi connectivity index (χ3n) is 6.09. The summed E-state index contributed by atoms with van der Waals surface area (Å²) in [5.74, 6) is -2.23. The van der Waals surface area contributed by atoms with E-state index in [0.29, 0.717) is 5.57 Å². The Balaban J connectivity index is 1.64. The van der Waals surface area contributed by atoms with Gasteiger partial charge in [0.1, 0.15) is 17.4 Å². The molecule has 0 aliphatic carbocycles. The minimum absolute atomic E-state index is 0.00879. The predicted octanol–water partition coefficient (Wildman–Crippen LogP) is 3.37. The maximum Gasteiger partial charge on any atom is 0.573 e. The summed E-state index contributed by atoms with van der Waals surface area (Å²) in [5, 5.41) is 2.16. The first-order valence-corrected chi connectivity index (χ1v) is 11.5. The number of ether oxygens (including phenoxy) is 2. The number of piperidine rings is 1. The fourth-order valence-corrected chi connectivity index (χ4v) is 4.50. The predicted molar refractivity (Wildman–Crippen MR) is 120 cm³/mol. The van der Waals surface area contributed by atoms with E-state index in [2.05, 4.69) is 10.1 Å². The summed E-state index contributed by atoms with van der Waals surface area (Å²) in [6, 6.07) is 1.84. The molecule has 0 saturated carbocycles. The van der Waals surface area contributed by atoms with Gasteiger partial charge in [0.15, 0.2) is 0 Å². The number of halogens is 3. The molecule has 4 amide bonds. The van der Waals surface area contributed by atoms with Gasteiger partial charge in [0.25, 0.3) is 5.91 Å². The first-order valence-electron chi connectivity index (χ1n) is 11.5. The molecule has 1 N–H and O–H groups in total. The topological polar surface area (TPSA) is 105 Å². The number of carbonyl (C=O) groups excluding carboxylic acids is 4. The highest BCUT2D eigenvalue weighted by Crippen LogP contribution is 2.42. The first-order chi connectivity index (χ1) is 16.7. The van der Waals surface area contributed by atoms with Gasteiger partial charge in [-0.1, -0.05) is 12.1 Å². The lowest BCUT2D eigenvalue weighted by atomic mass is 9.94. The van der Waals surface area contributed by atoms with E-state index in [1.165, 1.54) is 21.9 Å². The van der Waals surface area contributed by atoms with E-state index in [1.807, 2.05) is 0 Å². The zero-order valence-corrected chi connectivity index (χ0v) is 20.0. The molecule has 4 rings (SSSR count). The van der Waals surface area contributed by atoms with E-state index in [9.17, 15) is 32.3 Å². The van der Waals surface area contributed by atoms with Crippen LogP contribution in [0.25, 0.3) is 5.57 Å². The van der Waals surface area contributed by atoms with E-state index in [4.69, 9.17) is 4.74 Å². The van der Waals surface area contributed by atoms with Crippen molar-refractivity contribution in [3.05, 3.63) is 34.9 Å². The number of nitrogens with zero attached hydrogens (tertiary/aromatic N) is 2. The molecule has 0 radical (unpaired) electrons. The van der Waals surface area contributed by atoms with Crippen molar-refractivity contribution in [3.63, 3.8) is 0 Å². The zero-order chi connectivity index (χ0) is 26.4. The van der Waals surface area contributed by atoms with Crippen molar-refractivity contribution in [2.45, 2.75) is 64.6 Å². The molecule has 3 heterocycles. The summed E-state index contributed by atoms with van der Waals surface area (Å²) in [6.45, 7) is 5.30. The molecule has 0 aromatic heterocycles. The summed E-state index contributed by atoms with van der Waals surface area (Å²) >= 11 is 0. The fraction of sp³-hybridized carbons (Fsp3) is 0.500. The largest absolute Gasteiger partial charge is 0.573 e. The molecule has 0 bridgehead atoms. The van der Waals surface area contributed by atoms with Crippen LogP contribution in [0.4, 0.5) is 18.0 Å². The minimum Gasteiger partial charge on any atom is -0.444 e. The molecule has 3 aliphatic rings. The molecule has 1 atom stereocenters. The van der Waals surface area contributed by atoms with Crippen LogP contribution in [0.2, 0.25) is 0 Å². The van der Waals surface area contributed by atoms with Crippen LogP contribution in [0, 0.1) is 0 Å². The maximum absolute atomic E-state index is 13.4. The Morgan fingerprint density at radius 3 is 2.36 bits per heavy atom. The van der Waals surface area contributed by atoms with Gasteiger partial charge >= 0.3 is 12.5 Å². The van der Waals surface area contributed by atoms with Crippen LogP contribution >= 0.6 is 0 Å². The molecule has 36 heavy (non-hydrogen) atoms. The molecule has 1 saturated heterocycles. The number of hydrogen-bond donors (Lipinski definition) is 1. The second-order valence-corrected chi connectivity index (χ2v) is 9.82. The summed E-state index contributed by atoms with van der Waals surface area (Å²) < 4.78 is 50.0. The quantitative estimate of drug-likeness (QED) is 0.627. The SMILES string of the molecule is CC(C)(C)OC(=O)N1CC=C(c2ccc3c(c2OC(F)(F)F)CN(C2CCC(=O)NC2=O)C3=O)CC1. The molecular weight excluding hydrogens is 483 g/mol. The van der Waals surface area contributed by atoms with Gasteiger partial charge in [0.05, 0.1) is 6.54 Å². The summed E-state index contributed by atoms with van der Waals surface area (Å²) in [6.07, 6.45) is -3.56. The van der Waals surface area contributed by atoms with Gasteiger partial charge in [0, 0.05) is 36.2 Å². The van der Waals surface area contributed by atoms with Crippen molar-refractivity contribution in [1.29, 1.82) is 0 Å². The summed E-state index contributed by atoms with van der Waals surface area (Å²) in [5.41, 5.74) is 0.0384. The Kier molecular flexibility index (Phi) is 6.48. The highest BCUT2D eigenvalue weighted by atomic mass is 19.4. The van der Waals surface area contributed by atoms with E-state index >= 15 is 0 Å². The number of fused-ring (bicyclic) bond motifs is 1. The number of alkyl halides is 3. The smallest absolute Gasteiger partial charge is 0.444 e. The molecule has 3 aliphatic heterocycles. The molecule has 9 nitrogen and oxygen atoms in total. The number of benzene rings is 1. The molecule has 12 heteroatoms. The number of imide groups is 1. The Labute approximate surface area is 205 Å². The lowest BCUT2D eigenvalue weighted by Gasteiger charge is -2.30. The monoisotopic (exact) mass is 509 g/mol. The lowest BCUT2D eigenvalue weighted by Crippen LogP contribution is -2.52. The third-order valence-corrected chi connectivity index (χ3v) is 6.09. The number of rotatable bonds is 3. The molecule has 1 aromatic carbocycles. The Morgan fingerprint density at radius 1 is 1.08 bits per heavy atom. The molecule has 1 unspecified atom stereocenters. The van der Waals surface area contributed by atoms with Gasteiger partial charge in [-0.2, -0.15) is 0 Å². The average molecular weight is 509 g/mol. The van der Waals surface area contributed by atoms with Gasteiger partial charge in [-0.05, 0) is 45.3 Å². The summed E-state index contributed by atoms with van der Waals surface area (Å²) in [7, 11) is 0. The maximum atomic E-state index is 13.4. The van der Waals surface area contributed by atoms with Crippen molar-refractivity contribution in [2.75, 3.05) is 13.1 Å². The van der Waals surface area contributed by atoms with Gasteiger partial charge in [-0.3, -0.25) is 19.7 Å². The molecular formula is C24H26F3N3O6. The van der Waals surface area contributed by atoms with E-state index in [1.54, 1.807) is 26.8 Å². The molecule has 194 valence electrons. The third kappa shape index (κ3) is 5.31. The molecule has 0 spiro atoms. The minimum atomic E-state index is -5.02. The van der Waals surface area contributed by atoms with Crippen LogP contribution in [0.3, 0.4) is 0 Å². The van der Waals surface area contributed by atoms with Gasteiger partial charge < -0.3 is 19.3 Å². The lowest BCUT2D eigenvalue weighted by molar-refractivity contribution is -0.275. The van der Waals surface area contributed by atoms with Crippen LogP contribution in [0.1, 0.15) is 61.5 Å². The summed E-state index contributed by atoms with van der Waals surface area (Å²) in [4.78, 5) is 51.7. The van der Waals surface area contributed by atoms with Gasteiger partial charge in [0.2, 0.25) is 11.8 Å². The number of amides is 4. The van der Waals surface area contributed by atoms with Crippen LogP contribution in [-0.4, -0.2) is 64.7 Å². The van der Waals surface area contributed by atoms with E-state index in [0.717, 1.165) is 0 Å². The van der Waals surface area contributed by atoms with Crippen molar-refractivity contribution >= 4 is 29.4 Å².